The number of unbranched alkanes of at least 4 members (excludes halogenated alkanes) is 29. The summed E-state index contributed by atoms with van der Waals surface area (Å²) < 4.78 is 22.8. The van der Waals surface area contributed by atoms with Crippen molar-refractivity contribution in [2.45, 2.75) is 319 Å². The Balaban J connectivity index is 1.65. The van der Waals surface area contributed by atoms with Crippen molar-refractivity contribution >= 4 is 5.91 Å². The molecule has 454 valence electrons. The van der Waals surface area contributed by atoms with Crippen LogP contribution in [0.5, 0.6) is 0 Å². The predicted octanol–water partition coefficient (Wildman–Crippen LogP) is 11.3. The van der Waals surface area contributed by atoms with Crippen molar-refractivity contribution in [3.63, 3.8) is 0 Å². The van der Waals surface area contributed by atoms with Crippen LogP contribution in [0.15, 0.2) is 60.8 Å². The molecule has 2 saturated heterocycles. The first-order valence-electron chi connectivity index (χ1n) is 31.5. The molecule has 14 heteroatoms. The molecule has 14 nitrogen and oxygen atoms in total. The highest BCUT2D eigenvalue weighted by Gasteiger charge is 2.51. The summed E-state index contributed by atoms with van der Waals surface area (Å²) >= 11 is 0. The zero-order valence-electron chi connectivity index (χ0n) is 48.9. The van der Waals surface area contributed by atoms with E-state index in [0.29, 0.717) is 6.42 Å². The molecule has 12 unspecified atom stereocenters. The minimum atomic E-state index is -1.79. The lowest BCUT2D eigenvalue weighted by atomic mass is 9.97. The van der Waals surface area contributed by atoms with E-state index < -0.39 is 86.8 Å². The van der Waals surface area contributed by atoms with Crippen LogP contribution in [-0.4, -0.2) is 140 Å². The van der Waals surface area contributed by atoms with Crippen molar-refractivity contribution in [1.29, 1.82) is 0 Å². The first-order valence-corrected chi connectivity index (χ1v) is 31.5. The van der Waals surface area contributed by atoms with Crippen LogP contribution in [0, 0.1) is 0 Å². The number of aliphatic hydroxyl groups is 8. The summed E-state index contributed by atoms with van der Waals surface area (Å²) in [4.78, 5) is 13.3. The topological polar surface area (TPSA) is 228 Å². The highest BCUT2D eigenvalue weighted by molar-refractivity contribution is 5.76. The van der Waals surface area contributed by atoms with E-state index in [1.807, 2.05) is 6.08 Å². The summed E-state index contributed by atoms with van der Waals surface area (Å²) in [5.74, 6) is -0.239. The number of nitrogens with one attached hydrogen (secondary N) is 1. The lowest BCUT2D eigenvalue weighted by Gasteiger charge is -2.46. The second-order valence-corrected chi connectivity index (χ2v) is 22.2. The van der Waals surface area contributed by atoms with Crippen LogP contribution in [0.25, 0.3) is 0 Å². The number of ether oxygens (including phenoxy) is 4. The van der Waals surface area contributed by atoms with Crippen molar-refractivity contribution in [3.05, 3.63) is 60.8 Å². The number of aliphatic hydroxyl groups excluding tert-OH is 8. The van der Waals surface area contributed by atoms with Gasteiger partial charge in [0.05, 0.1) is 32.0 Å². The molecule has 2 heterocycles. The Bertz CT molecular complexity index is 1540. The van der Waals surface area contributed by atoms with Crippen molar-refractivity contribution in [2.75, 3.05) is 19.8 Å². The number of rotatable bonds is 50. The maximum Gasteiger partial charge on any atom is 0.220 e. The monoisotopic (exact) mass is 1110 g/mol. The SMILES string of the molecule is CC/C=C\C/C=C\C/C=C\C/C=C\CCCCCCCCCCCCCCCCCCCCC(=O)NC(COC1OC(CO)C(OC2OC(CO)C(O)C(O)C2O)C(O)C1O)C(O)/C=C/CCCCCCCCCCCCC. The summed E-state index contributed by atoms with van der Waals surface area (Å²) in [7, 11) is 0. The Morgan fingerprint density at radius 2 is 0.885 bits per heavy atom. The summed E-state index contributed by atoms with van der Waals surface area (Å²) in [5.41, 5.74) is 0. The minimum absolute atomic E-state index is 0.239. The van der Waals surface area contributed by atoms with Gasteiger partial charge in [-0.05, 0) is 57.8 Å². The van der Waals surface area contributed by atoms with Gasteiger partial charge < -0.3 is 65.1 Å². The molecule has 9 N–H and O–H groups in total. The van der Waals surface area contributed by atoms with Gasteiger partial charge in [0.15, 0.2) is 12.6 Å². The Kier molecular flexibility index (Phi) is 45.4. The van der Waals surface area contributed by atoms with Gasteiger partial charge in [-0.3, -0.25) is 4.79 Å². The normalized spacial score (nSPS) is 24.9. The van der Waals surface area contributed by atoms with E-state index in [1.165, 1.54) is 154 Å². The van der Waals surface area contributed by atoms with Gasteiger partial charge in [-0.2, -0.15) is 0 Å². The molecule has 0 spiro atoms. The molecule has 1 amide bonds. The largest absolute Gasteiger partial charge is 0.394 e. The highest BCUT2D eigenvalue weighted by atomic mass is 16.7. The first-order chi connectivity index (χ1) is 38.1. The van der Waals surface area contributed by atoms with E-state index in [9.17, 15) is 45.6 Å². The maximum atomic E-state index is 13.3. The van der Waals surface area contributed by atoms with Crippen LogP contribution in [0.1, 0.15) is 245 Å². The Hall–Kier alpha value is -2.31. The Morgan fingerprint density at radius 1 is 0.474 bits per heavy atom. The zero-order chi connectivity index (χ0) is 56.7. The maximum absolute atomic E-state index is 13.3. The van der Waals surface area contributed by atoms with E-state index in [-0.39, 0.29) is 18.9 Å². The van der Waals surface area contributed by atoms with Crippen LogP contribution in [0.3, 0.4) is 0 Å². The molecule has 12 atom stereocenters. The summed E-state index contributed by atoms with van der Waals surface area (Å²) in [6, 6.07) is -0.914. The molecule has 2 fully saturated rings. The molecule has 0 radical (unpaired) electrons. The number of hydrogen-bond acceptors (Lipinski definition) is 13. The average molecular weight is 1110 g/mol. The molecule has 0 aromatic rings. The number of amides is 1. The molecule has 2 rings (SSSR count). The fourth-order valence-electron chi connectivity index (χ4n) is 10.2. The van der Waals surface area contributed by atoms with Gasteiger partial charge in [0, 0.05) is 6.42 Å². The zero-order valence-corrected chi connectivity index (χ0v) is 48.9. The average Bonchev–Trinajstić information content (AvgIpc) is 3.47. The fourth-order valence-corrected chi connectivity index (χ4v) is 10.2. The van der Waals surface area contributed by atoms with E-state index in [2.05, 4.69) is 67.8 Å². The van der Waals surface area contributed by atoms with Gasteiger partial charge in [0.1, 0.15) is 48.8 Å². The smallest absolute Gasteiger partial charge is 0.220 e. The molecule has 0 aromatic carbocycles. The third kappa shape index (κ3) is 34.2. The van der Waals surface area contributed by atoms with E-state index >= 15 is 0 Å². The second kappa shape index (κ2) is 49.3. The van der Waals surface area contributed by atoms with Crippen molar-refractivity contribution in [3.8, 4) is 0 Å². The fraction of sp³-hybridized carbons (Fsp3) is 0.828. The standard InChI is InChI=1S/C64H115NO13/c1-3-5-7-9-11-13-15-17-18-19-20-21-22-23-24-25-26-27-28-29-30-31-32-33-34-36-38-40-42-44-46-48-56(69)65-52(53(68)47-45-43-41-39-37-35-16-14-12-10-8-6-4-2)51-75-63-61(74)59(72)62(55(50-67)77-63)78-64-60(73)58(71)57(70)54(49-66)76-64/h5,7,11,13,17-18,20-21,45,47,52-55,57-64,66-68,70-74H,3-4,6,8-10,12,14-16,19,22-44,46,48-51H2,1-2H3,(H,65,69)/b7-5-,13-11-,18-17-,21-20-,47-45+. The first kappa shape index (κ1) is 71.8. The summed E-state index contributed by atoms with van der Waals surface area (Å²) in [6.45, 7) is 2.69. The summed E-state index contributed by atoms with van der Waals surface area (Å²) in [6.07, 6.45) is 47.0. The van der Waals surface area contributed by atoms with E-state index in [1.54, 1.807) is 6.08 Å². The van der Waals surface area contributed by atoms with Crippen LogP contribution >= 0.6 is 0 Å². The highest BCUT2D eigenvalue weighted by Crippen LogP contribution is 2.30. The third-order valence-corrected chi connectivity index (χ3v) is 15.2. The molecule has 78 heavy (non-hydrogen) atoms. The number of carbonyl (C=O) groups is 1. The molecule has 0 saturated carbocycles. The van der Waals surface area contributed by atoms with Crippen LogP contribution in [0.4, 0.5) is 0 Å². The Labute approximate surface area is 473 Å². The van der Waals surface area contributed by atoms with Gasteiger partial charge in [-0.15, -0.1) is 0 Å². The van der Waals surface area contributed by atoms with Gasteiger partial charge in [0.2, 0.25) is 5.91 Å². The Morgan fingerprint density at radius 3 is 1.36 bits per heavy atom. The van der Waals surface area contributed by atoms with E-state index in [4.69, 9.17) is 18.9 Å². The number of carbonyl (C=O) groups excluding carboxylic acids is 1. The summed E-state index contributed by atoms with van der Waals surface area (Å²) in [5, 5.41) is 87.1. The van der Waals surface area contributed by atoms with Gasteiger partial charge in [-0.1, -0.05) is 242 Å². The quantitative estimate of drug-likeness (QED) is 0.0204. The van der Waals surface area contributed by atoms with Crippen LogP contribution < -0.4 is 5.32 Å². The van der Waals surface area contributed by atoms with Gasteiger partial charge in [0.25, 0.3) is 0 Å². The molecular formula is C64H115NO13. The van der Waals surface area contributed by atoms with Crippen molar-refractivity contribution in [1.82, 2.24) is 5.32 Å². The minimum Gasteiger partial charge on any atom is -0.394 e. The molecule has 0 aromatic heterocycles. The molecule has 0 bridgehead atoms. The molecular weight excluding hydrogens is 991 g/mol. The van der Waals surface area contributed by atoms with Crippen molar-refractivity contribution < 1.29 is 64.6 Å². The van der Waals surface area contributed by atoms with Gasteiger partial charge in [-0.25, -0.2) is 0 Å². The van der Waals surface area contributed by atoms with Gasteiger partial charge >= 0.3 is 0 Å². The number of hydrogen-bond donors (Lipinski definition) is 9. The number of allylic oxidation sites excluding steroid dienone is 9. The third-order valence-electron chi connectivity index (χ3n) is 15.2. The lowest BCUT2D eigenvalue weighted by Crippen LogP contribution is -2.65. The molecule has 0 aliphatic carbocycles. The second-order valence-electron chi connectivity index (χ2n) is 22.2. The van der Waals surface area contributed by atoms with Crippen molar-refractivity contribution in [2.24, 2.45) is 0 Å². The molecule has 2 aliphatic heterocycles. The predicted molar refractivity (Wildman–Crippen MR) is 314 cm³/mol. The van der Waals surface area contributed by atoms with Crippen LogP contribution in [0.2, 0.25) is 0 Å². The van der Waals surface area contributed by atoms with Crippen LogP contribution in [-0.2, 0) is 23.7 Å². The van der Waals surface area contributed by atoms with E-state index in [0.717, 1.165) is 64.2 Å². The molecule has 2 aliphatic rings. The lowest BCUT2D eigenvalue weighted by molar-refractivity contribution is -0.359.